The predicted octanol–water partition coefficient (Wildman–Crippen LogP) is 3.58. The van der Waals surface area contributed by atoms with Crippen molar-refractivity contribution in [3.05, 3.63) is 88.4 Å². The Labute approximate surface area is 245 Å². The third-order valence-corrected chi connectivity index (χ3v) is 7.62. The molecule has 1 saturated heterocycles. The van der Waals surface area contributed by atoms with Crippen molar-refractivity contribution in [2.45, 2.75) is 13.3 Å². The first-order valence-electron chi connectivity index (χ1n) is 13.7. The highest BCUT2D eigenvalue weighted by Gasteiger charge is 2.22. The van der Waals surface area contributed by atoms with Gasteiger partial charge in [-0.3, -0.25) is 19.3 Å². The first-order valence-corrected chi connectivity index (χ1v) is 14.6. The van der Waals surface area contributed by atoms with E-state index in [1.54, 1.807) is 24.6 Å². The van der Waals surface area contributed by atoms with Crippen LogP contribution in [0.15, 0.2) is 66.1 Å². The Balaban J connectivity index is 1.23. The second-order valence-electron chi connectivity index (χ2n) is 9.95. The number of hydrogen-bond donors (Lipinski definition) is 1. The summed E-state index contributed by atoms with van der Waals surface area (Å²) in [6, 6.07) is 17.4. The van der Waals surface area contributed by atoms with Crippen LogP contribution in [0.3, 0.4) is 0 Å². The second-order valence-corrected chi connectivity index (χ2v) is 10.8. The van der Waals surface area contributed by atoms with Gasteiger partial charge in [-0.25, -0.2) is 4.98 Å². The summed E-state index contributed by atoms with van der Waals surface area (Å²) < 4.78 is 5.13. The van der Waals surface area contributed by atoms with E-state index in [2.05, 4.69) is 39.5 Å². The van der Waals surface area contributed by atoms with Crippen LogP contribution in [0.4, 0.5) is 5.13 Å². The predicted molar refractivity (Wildman–Crippen MR) is 162 cm³/mol. The Hall–Kier alpha value is -3.86. The zero-order valence-corrected chi connectivity index (χ0v) is 24.4. The standard InChI is InChI=1S/C31H37N5O4S/c1-24-10-12-26(13-11-24)30(39)36(19-20-40-2)22-28(37)33-31-32-27(23-41-31)21-29(38)35-17-15-34(16-18-35)14-6-9-25-7-4-3-5-8-25/h3-13,23H,14-22H2,1-2H3,(H,32,33,37)/b9-6+. The highest BCUT2D eigenvalue weighted by molar-refractivity contribution is 7.13. The molecule has 1 fully saturated rings. The minimum atomic E-state index is -0.355. The van der Waals surface area contributed by atoms with Crippen molar-refractivity contribution in [1.82, 2.24) is 19.7 Å². The molecule has 2 aromatic carbocycles. The Bertz CT molecular complexity index is 1320. The van der Waals surface area contributed by atoms with E-state index in [1.807, 2.05) is 42.2 Å². The summed E-state index contributed by atoms with van der Waals surface area (Å²) in [7, 11) is 1.55. The van der Waals surface area contributed by atoms with E-state index in [-0.39, 0.29) is 37.2 Å². The van der Waals surface area contributed by atoms with Crippen molar-refractivity contribution in [2.75, 3.05) is 64.8 Å². The molecule has 0 atom stereocenters. The lowest BCUT2D eigenvalue weighted by atomic mass is 10.1. The van der Waals surface area contributed by atoms with E-state index in [0.717, 1.165) is 25.2 Å². The van der Waals surface area contributed by atoms with Gasteiger partial charge >= 0.3 is 0 Å². The van der Waals surface area contributed by atoms with Crippen LogP contribution in [-0.4, -0.2) is 96.9 Å². The van der Waals surface area contributed by atoms with Gasteiger partial charge in [-0.1, -0.05) is 60.2 Å². The third-order valence-electron chi connectivity index (χ3n) is 6.81. The van der Waals surface area contributed by atoms with Gasteiger partial charge in [0.15, 0.2) is 5.13 Å². The van der Waals surface area contributed by atoms with Gasteiger partial charge in [0, 0.05) is 57.3 Å². The molecule has 4 rings (SSSR count). The summed E-state index contributed by atoms with van der Waals surface area (Å²) in [4.78, 5) is 48.8. The molecule has 9 nitrogen and oxygen atoms in total. The van der Waals surface area contributed by atoms with Crippen molar-refractivity contribution in [2.24, 2.45) is 0 Å². The molecular weight excluding hydrogens is 538 g/mol. The molecule has 1 aliphatic heterocycles. The minimum Gasteiger partial charge on any atom is -0.383 e. The number of aromatic nitrogens is 1. The van der Waals surface area contributed by atoms with Crippen LogP contribution < -0.4 is 5.32 Å². The van der Waals surface area contributed by atoms with E-state index in [4.69, 9.17) is 4.74 Å². The first-order chi connectivity index (χ1) is 19.9. The first kappa shape index (κ1) is 30.1. The molecule has 1 aliphatic rings. The lowest BCUT2D eigenvalue weighted by molar-refractivity contribution is -0.132. The van der Waals surface area contributed by atoms with Crippen LogP contribution in [0.2, 0.25) is 0 Å². The maximum absolute atomic E-state index is 13.0. The summed E-state index contributed by atoms with van der Waals surface area (Å²) in [5.41, 5.74) is 3.36. The number of thiazole rings is 1. The van der Waals surface area contributed by atoms with Gasteiger partial charge in [-0.05, 0) is 24.6 Å². The number of ether oxygens (including phenoxy) is 1. The van der Waals surface area contributed by atoms with Crippen molar-refractivity contribution in [1.29, 1.82) is 0 Å². The molecule has 0 bridgehead atoms. The molecule has 3 aromatic rings. The zero-order valence-electron chi connectivity index (χ0n) is 23.6. The Kier molecular flexibility index (Phi) is 11.2. The van der Waals surface area contributed by atoms with E-state index < -0.39 is 0 Å². The second kappa shape index (κ2) is 15.2. The highest BCUT2D eigenvalue weighted by atomic mass is 32.1. The van der Waals surface area contributed by atoms with Crippen LogP contribution in [0, 0.1) is 6.92 Å². The van der Waals surface area contributed by atoms with E-state index in [9.17, 15) is 14.4 Å². The van der Waals surface area contributed by atoms with Gasteiger partial charge in [0.1, 0.15) is 6.54 Å². The molecule has 2 heterocycles. The number of nitrogens with zero attached hydrogens (tertiary/aromatic N) is 4. The summed E-state index contributed by atoms with van der Waals surface area (Å²) in [6.07, 6.45) is 4.47. The molecule has 0 unspecified atom stereocenters. The molecule has 216 valence electrons. The van der Waals surface area contributed by atoms with Crippen LogP contribution in [0.1, 0.15) is 27.2 Å². The van der Waals surface area contributed by atoms with Crippen LogP contribution >= 0.6 is 11.3 Å². The molecule has 0 saturated carbocycles. The highest BCUT2D eigenvalue weighted by Crippen LogP contribution is 2.17. The normalized spacial score (nSPS) is 13.9. The van der Waals surface area contributed by atoms with Gasteiger partial charge in [0.05, 0.1) is 18.7 Å². The number of amides is 3. The molecular formula is C31H37N5O4S. The van der Waals surface area contributed by atoms with Gasteiger partial charge in [-0.15, -0.1) is 11.3 Å². The van der Waals surface area contributed by atoms with Gasteiger partial charge in [0.25, 0.3) is 5.91 Å². The molecule has 0 radical (unpaired) electrons. The van der Waals surface area contributed by atoms with Crippen molar-refractivity contribution in [3.8, 4) is 0 Å². The average molecular weight is 576 g/mol. The van der Waals surface area contributed by atoms with Crippen LogP contribution in [0.25, 0.3) is 6.08 Å². The number of piperazine rings is 1. The SMILES string of the molecule is COCCN(CC(=O)Nc1nc(CC(=O)N2CCN(C/C=C/c3ccccc3)CC2)cs1)C(=O)c1ccc(C)cc1. The quantitative estimate of drug-likeness (QED) is 0.355. The molecule has 0 spiro atoms. The maximum Gasteiger partial charge on any atom is 0.254 e. The van der Waals surface area contributed by atoms with Crippen LogP contribution in [0.5, 0.6) is 0 Å². The van der Waals surface area contributed by atoms with Crippen molar-refractivity contribution < 1.29 is 19.1 Å². The summed E-state index contributed by atoms with van der Waals surface area (Å²) in [5, 5.41) is 4.97. The number of carbonyl (C=O) groups excluding carboxylic acids is 3. The summed E-state index contributed by atoms with van der Waals surface area (Å²) >= 11 is 1.27. The fourth-order valence-electron chi connectivity index (χ4n) is 4.46. The van der Waals surface area contributed by atoms with Crippen molar-refractivity contribution in [3.63, 3.8) is 0 Å². The Morgan fingerprint density at radius 2 is 1.78 bits per heavy atom. The summed E-state index contributed by atoms with van der Waals surface area (Å²) in [5.74, 6) is -0.566. The molecule has 1 N–H and O–H groups in total. The fourth-order valence-corrected chi connectivity index (χ4v) is 5.19. The monoisotopic (exact) mass is 575 g/mol. The number of hydrogen-bond acceptors (Lipinski definition) is 7. The average Bonchev–Trinajstić information content (AvgIpc) is 3.42. The fraction of sp³-hybridized carbons (Fsp3) is 0.355. The lowest BCUT2D eigenvalue weighted by Crippen LogP contribution is -2.49. The smallest absolute Gasteiger partial charge is 0.254 e. The number of carbonyl (C=O) groups is 3. The van der Waals surface area contributed by atoms with Gasteiger partial charge < -0.3 is 19.9 Å². The maximum atomic E-state index is 13.0. The summed E-state index contributed by atoms with van der Waals surface area (Å²) in [6.45, 7) is 6.27. The lowest BCUT2D eigenvalue weighted by Gasteiger charge is -2.34. The number of anilines is 1. The molecule has 41 heavy (non-hydrogen) atoms. The van der Waals surface area contributed by atoms with E-state index in [1.165, 1.54) is 21.8 Å². The largest absolute Gasteiger partial charge is 0.383 e. The molecule has 10 heteroatoms. The Morgan fingerprint density at radius 1 is 1.05 bits per heavy atom. The Morgan fingerprint density at radius 3 is 2.49 bits per heavy atom. The molecule has 3 amide bonds. The van der Waals surface area contributed by atoms with Gasteiger partial charge in [0.2, 0.25) is 11.8 Å². The number of nitrogens with one attached hydrogen (secondary N) is 1. The number of methoxy groups -OCH3 is 1. The number of aryl methyl sites for hydroxylation is 1. The molecule has 0 aliphatic carbocycles. The topological polar surface area (TPSA) is 95.1 Å². The number of rotatable bonds is 12. The molecule has 1 aromatic heterocycles. The third kappa shape index (κ3) is 9.34. The van der Waals surface area contributed by atoms with E-state index in [0.29, 0.717) is 36.1 Å². The minimum absolute atomic E-state index is 0.0297. The van der Waals surface area contributed by atoms with Crippen LogP contribution in [-0.2, 0) is 20.7 Å². The van der Waals surface area contributed by atoms with Gasteiger partial charge in [-0.2, -0.15) is 0 Å². The van der Waals surface area contributed by atoms with Crippen molar-refractivity contribution >= 4 is 40.3 Å². The van der Waals surface area contributed by atoms with E-state index >= 15 is 0 Å². The number of benzene rings is 2. The zero-order chi connectivity index (χ0) is 29.0.